The minimum absolute atomic E-state index is 0.00421. The number of carbonyl (C=O) groups excluding carboxylic acids is 1. The second kappa shape index (κ2) is 2.83. The lowest BCUT2D eigenvalue weighted by molar-refractivity contribution is 0.100. The monoisotopic (exact) mass is 176 g/mol. The van der Waals surface area contributed by atoms with Crippen molar-refractivity contribution in [3.63, 3.8) is 0 Å². The van der Waals surface area contributed by atoms with Crippen LogP contribution in [0.25, 0.3) is 6.08 Å². The summed E-state index contributed by atoms with van der Waals surface area (Å²) < 4.78 is 0. The van der Waals surface area contributed by atoms with Crippen molar-refractivity contribution in [1.29, 1.82) is 0 Å². The van der Waals surface area contributed by atoms with Crippen LogP contribution in [0.15, 0.2) is 6.08 Å². The summed E-state index contributed by atoms with van der Waals surface area (Å²) in [5.74, 6) is 1.01. The van der Waals surface area contributed by atoms with Crippen LogP contribution in [0.4, 0.5) is 0 Å². The average Bonchev–Trinajstić information content (AvgIpc) is 2.46. The molecule has 0 radical (unpaired) electrons. The first-order chi connectivity index (χ1) is 6.16. The Hall–Kier alpha value is -1.38. The molecule has 3 nitrogen and oxygen atoms in total. The first-order valence-corrected chi connectivity index (χ1v) is 4.45. The van der Waals surface area contributed by atoms with E-state index in [1.54, 1.807) is 0 Å². The molecule has 0 aromatic carbocycles. The van der Waals surface area contributed by atoms with Crippen LogP contribution in [0, 0.1) is 5.92 Å². The van der Waals surface area contributed by atoms with Gasteiger partial charge in [-0.15, -0.1) is 0 Å². The highest BCUT2D eigenvalue weighted by Crippen LogP contribution is 2.20. The van der Waals surface area contributed by atoms with Crippen molar-refractivity contribution in [1.82, 2.24) is 9.97 Å². The van der Waals surface area contributed by atoms with Gasteiger partial charge in [-0.25, -0.2) is 4.98 Å². The third-order valence-electron chi connectivity index (χ3n) is 2.25. The predicted molar refractivity (Wildman–Crippen MR) is 50.5 cm³/mol. The second-order valence-electron chi connectivity index (χ2n) is 3.55. The number of allylic oxidation sites excluding steroid dienone is 1. The number of fused-ring (bicyclic) bond motifs is 1. The third kappa shape index (κ3) is 1.41. The molecule has 1 aromatic heterocycles. The Morgan fingerprint density at radius 3 is 3.15 bits per heavy atom. The average molecular weight is 176 g/mol. The molecule has 0 aliphatic heterocycles. The lowest BCUT2D eigenvalue weighted by Gasteiger charge is -2.09. The van der Waals surface area contributed by atoms with E-state index in [1.807, 2.05) is 6.08 Å². The van der Waals surface area contributed by atoms with Gasteiger partial charge in [-0.05, 0) is 18.4 Å². The van der Waals surface area contributed by atoms with Gasteiger partial charge in [0.2, 0.25) is 0 Å². The van der Waals surface area contributed by atoms with E-state index >= 15 is 0 Å². The molecular weight excluding hydrogens is 164 g/mol. The van der Waals surface area contributed by atoms with Gasteiger partial charge in [0, 0.05) is 12.6 Å². The molecule has 0 spiro atoms. The molecule has 1 aromatic rings. The first kappa shape index (κ1) is 8.23. The van der Waals surface area contributed by atoms with E-state index in [0.29, 0.717) is 11.7 Å². The molecule has 68 valence electrons. The van der Waals surface area contributed by atoms with Gasteiger partial charge in [0.25, 0.3) is 0 Å². The van der Waals surface area contributed by atoms with Crippen molar-refractivity contribution < 1.29 is 4.79 Å². The van der Waals surface area contributed by atoms with Crippen molar-refractivity contribution in [2.24, 2.45) is 5.92 Å². The van der Waals surface area contributed by atoms with Crippen molar-refractivity contribution in [2.75, 3.05) is 0 Å². The zero-order valence-electron chi connectivity index (χ0n) is 7.79. The SMILES string of the molecule is CC(=O)c1nc2c([nH]1)CC(C)C=C2. The van der Waals surface area contributed by atoms with E-state index in [1.165, 1.54) is 6.92 Å². The van der Waals surface area contributed by atoms with Gasteiger partial charge in [-0.2, -0.15) is 0 Å². The van der Waals surface area contributed by atoms with Crippen LogP contribution in [0.3, 0.4) is 0 Å². The molecule has 0 amide bonds. The number of aromatic nitrogens is 2. The summed E-state index contributed by atoms with van der Waals surface area (Å²) in [5, 5.41) is 0. The number of aromatic amines is 1. The molecule has 3 heteroatoms. The van der Waals surface area contributed by atoms with E-state index in [4.69, 9.17) is 0 Å². The molecule has 1 aliphatic rings. The summed E-state index contributed by atoms with van der Waals surface area (Å²) in [6.45, 7) is 3.67. The number of hydrogen-bond donors (Lipinski definition) is 1. The van der Waals surface area contributed by atoms with Gasteiger partial charge in [0.15, 0.2) is 11.6 Å². The summed E-state index contributed by atoms with van der Waals surface area (Å²) >= 11 is 0. The van der Waals surface area contributed by atoms with Gasteiger partial charge in [0.05, 0.1) is 5.69 Å². The normalized spacial score (nSPS) is 20.0. The lowest BCUT2D eigenvalue weighted by atomic mass is 9.99. The minimum atomic E-state index is -0.00421. The Labute approximate surface area is 76.9 Å². The molecule has 0 saturated carbocycles. The van der Waals surface area contributed by atoms with Crippen LogP contribution in [-0.4, -0.2) is 15.8 Å². The highest BCUT2D eigenvalue weighted by molar-refractivity contribution is 5.90. The minimum Gasteiger partial charge on any atom is -0.339 e. The highest BCUT2D eigenvalue weighted by atomic mass is 16.1. The topological polar surface area (TPSA) is 45.8 Å². The maximum Gasteiger partial charge on any atom is 0.195 e. The number of hydrogen-bond acceptors (Lipinski definition) is 2. The van der Waals surface area contributed by atoms with Crippen molar-refractivity contribution >= 4 is 11.9 Å². The van der Waals surface area contributed by atoms with Gasteiger partial charge in [0.1, 0.15) is 0 Å². The van der Waals surface area contributed by atoms with E-state index in [2.05, 4.69) is 23.0 Å². The molecule has 0 bridgehead atoms. The highest BCUT2D eigenvalue weighted by Gasteiger charge is 2.15. The Bertz CT molecular complexity index is 376. The van der Waals surface area contributed by atoms with Crippen LogP contribution >= 0.6 is 0 Å². The van der Waals surface area contributed by atoms with Crippen LogP contribution < -0.4 is 0 Å². The quantitative estimate of drug-likeness (QED) is 0.663. The van der Waals surface area contributed by atoms with E-state index < -0.39 is 0 Å². The number of nitrogens with one attached hydrogen (secondary N) is 1. The maximum absolute atomic E-state index is 11.0. The molecular formula is C10H12N2O. The number of H-pyrrole nitrogens is 1. The summed E-state index contributed by atoms with van der Waals surface area (Å²) in [6, 6.07) is 0. The van der Waals surface area contributed by atoms with E-state index in [-0.39, 0.29) is 5.78 Å². The first-order valence-electron chi connectivity index (χ1n) is 4.45. The Balaban J connectivity index is 2.41. The van der Waals surface area contributed by atoms with E-state index in [0.717, 1.165) is 17.8 Å². The third-order valence-corrected chi connectivity index (χ3v) is 2.25. The number of ketones is 1. The fourth-order valence-corrected chi connectivity index (χ4v) is 1.53. The standard InChI is InChI=1S/C10H12N2O/c1-6-3-4-8-9(5-6)12-10(11-8)7(2)13/h3-4,6H,5H2,1-2H3,(H,11,12). The van der Waals surface area contributed by atoms with Gasteiger partial charge < -0.3 is 4.98 Å². The maximum atomic E-state index is 11.0. The molecule has 0 fully saturated rings. The Morgan fingerprint density at radius 2 is 2.46 bits per heavy atom. The summed E-state index contributed by atoms with van der Waals surface area (Å²) in [6.07, 6.45) is 5.05. The van der Waals surface area contributed by atoms with Crippen LogP contribution in [0.1, 0.15) is 35.9 Å². The fourth-order valence-electron chi connectivity index (χ4n) is 1.53. The number of nitrogens with zero attached hydrogens (tertiary/aromatic N) is 1. The van der Waals surface area contributed by atoms with Crippen LogP contribution in [0.2, 0.25) is 0 Å². The van der Waals surface area contributed by atoms with Crippen molar-refractivity contribution in [2.45, 2.75) is 20.3 Å². The molecule has 1 N–H and O–H groups in total. The van der Waals surface area contributed by atoms with Crippen molar-refractivity contribution in [3.8, 4) is 0 Å². The molecule has 1 aliphatic carbocycles. The van der Waals surface area contributed by atoms with Gasteiger partial charge >= 0.3 is 0 Å². The number of rotatable bonds is 1. The summed E-state index contributed by atoms with van der Waals surface area (Å²) in [7, 11) is 0. The molecule has 1 atom stereocenters. The van der Waals surface area contributed by atoms with Gasteiger partial charge in [-0.1, -0.05) is 13.0 Å². The molecule has 1 heterocycles. The zero-order chi connectivity index (χ0) is 9.42. The molecule has 1 unspecified atom stereocenters. The van der Waals surface area contributed by atoms with Crippen molar-refractivity contribution in [3.05, 3.63) is 23.3 Å². The molecule has 13 heavy (non-hydrogen) atoms. The second-order valence-corrected chi connectivity index (χ2v) is 3.55. The zero-order valence-corrected chi connectivity index (χ0v) is 7.79. The summed E-state index contributed by atoms with van der Waals surface area (Å²) in [4.78, 5) is 18.3. The van der Waals surface area contributed by atoms with Crippen LogP contribution in [-0.2, 0) is 6.42 Å². The van der Waals surface area contributed by atoms with E-state index in [9.17, 15) is 4.79 Å². The smallest absolute Gasteiger partial charge is 0.195 e. The van der Waals surface area contributed by atoms with Gasteiger partial charge in [-0.3, -0.25) is 4.79 Å². The molecule has 2 rings (SSSR count). The van der Waals surface area contributed by atoms with Crippen LogP contribution in [0.5, 0.6) is 0 Å². The summed E-state index contributed by atoms with van der Waals surface area (Å²) in [5.41, 5.74) is 2.00. The molecule has 0 saturated heterocycles. The lowest BCUT2D eigenvalue weighted by Crippen LogP contribution is -2.02. The Kier molecular flexibility index (Phi) is 1.79. The number of carbonyl (C=O) groups is 1. The largest absolute Gasteiger partial charge is 0.339 e. The fraction of sp³-hybridized carbons (Fsp3) is 0.400. The Morgan fingerprint density at radius 1 is 1.69 bits per heavy atom. The predicted octanol–water partition coefficient (Wildman–Crippen LogP) is 1.82. The number of Topliss-reactive ketones (excluding diaryl/α,β-unsaturated/α-hetero) is 1. The number of imidazole rings is 1.